The second kappa shape index (κ2) is 2.67. The Balaban J connectivity index is 2.05. The molecule has 2 atom stereocenters. The zero-order valence-electron chi connectivity index (χ0n) is 7.88. The number of benzene rings is 1. The molecule has 0 bridgehead atoms. The molecule has 1 aromatic carbocycles. The van der Waals surface area contributed by atoms with Crippen LogP contribution in [0.3, 0.4) is 0 Å². The molecule has 1 fully saturated rings. The molecule has 3 rings (SSSR count). The lowest BCUT2D eigenvalue weighted by molar-refractivity contribution is 0.0613. The van der Waals surface area contributed by atoms with E-state index in [-0.39, 0.29) is 17.9 Å². The van der Waals surface area contributed by atoms with Crippen molar-refractivity contribution in [2.45, 2.75) is 18.6 Å². The van der Waals surface area contributed by atoms with Crippen LogP contribution in [0, 0.1) is 0 Å². The Labute approximate surface area is 86.1 Å². The van der Waals surface area contributed by atoms with Crippen molar-refractivity contribution < 1.29 is 14.7 Å². The van der Waals surface area contributed by atoms with Gasteiger partial charge in [-0.15, -0.1) is 0 Å². The lowest BCUT2D eigenvalue weighted by atomic mass is 10.1. The maximum atomic E-state index is 11.8. The summed E-state index contributed by atoms with van der Waals surface area (Å²) in [5, 5.41) is 9.26. The average molecular weight is 203 g/mol. The highest BCUT2D eigenvalue weighted by atomic mass is 16.3. The van der Waals surface area contributed by atoms with Crippen molar-refractivity contribution in [2.24, 2.45) is 0 Å². The molecular weight excluding hydrogens is 194 g/mol. The van der Waals surface area contributed by atoms with Gasteiger partial charge in [-0.05, 0) is 18.6 Å². The van der Waals surface area contributed by atoms with E-state index in [1.807, 2.05) is 0 Å². The summed E-state index contributed by atoms with van der Waals surface area (Å²) in [7, 11) is 0. The van der Waals surface area contributed by atoms with Gasteiger partial charge in [0.1, 0.15) is 0 Å². The number of carbonyl (C=O) groups is 2. The minimum absolute atomic E-state index is 0.280. The van der Waals surface area contributed by atoms with Crippen LogP contribution in [0.1, 0.15) is 27.1 Å². The van der Waals surface area contributed by atoms with Crippen molar-refractivity contribution in [3.63, 3.8) is 0 Å². The largest absolute Gasteiger partial charge is 0.391 e. The predicted octanol–water partition coefficient (Wildman–Crippen LogP) is 0.416. The number of amides is 2. The average Bonchev–Trinajstić information content (AvgIpc) is 2.89. The molecule has 4 heteroatoms. The lowest BCUT2D eigenvalue weighted by Crippen LogP contribution is -2.33. The molecule has 0 aromatic heterocycles. The first-order valence-corrected chi connectivity index (χ1v) is 4.85. The molecule has 15 heavy (non-hydrogen) atoms. The SMILES string of the molecule is O=C1c2ccccc2C(=O)N1[C@H]1C[C@H]1O. The molecule has 2 amide bonds. The molecule has 0 saturated heterocycles. The smallest absolute Gasteiger partial charge is 0.261 e. The van der Waals surface area contributed by atoms with E-state index in [9.17, 15) is 14.7 Å². The first-order valence-electron chi connectivity index (χ1n) is 4.85. The van der Waals surface area contributed by atoms with Crippen molar-refractivity contribution in [3.8, 4) is 0 Å². The van der Waals surface area contributed by atoms with Crippen LogP contribution in [-0.4, -0.2) is 34.0 Å². The van der Waals surface area contributed by atoms with Crippen molar-refractivity contribution in [1.29, 1.82) is 0 Å². The fourth-order valence-electron chi connectivity index (χ4n) is 1.96. The highest BCUT2D eigenvalue weighted by Gasteiger charge is 2.50. The summed E-state index contributed by atoms with van der Waals surface area (Å²) in [5.74, 6) is -0.561. The van der Waals surface area contributed by atoms with Crippen LogP contribution in [0.2, 0.25) is 0 Å². The Morgan fingerprint density at radius 2 is 1.60 bits per heavy atom. The van der Waals surface area contributed by atoms with Gasteiger partial charge in [-0.25, -0.2) is 0 Å². The normalized spacial score (nSPS) is 28.2. The van der Waals surface area contributed by atoms with Gasteiger partial charge in [0.25, 0.3) is 11.8 Å². The summed E-state index contributed by atoms with van der Waals surface area (Å²) in [4.78, 5) is 24.8. The Kier molecular flexibility index (Phi) is 1.53. The van der Waals surface area contributed by atoms with Crippen LogP contribution in [-0.2, 0) is 0 Å². The monoisotopic (exact) mass is 203 g/mol. The van der Waals surface area contributed by atoms with E-state index >= 15 is 0 Å². The zero-order valence-corrected chi connectivity index (χ0v) is 7.88. The summed E-state index contributed by atoms with van der Waals surface area (Å²) < 4.78 is 0. The maximum Gasteiger partial charge on any atom is 0.261 e. The number of rotatable bonds is 1. The third-order valence-electron chi connectivity index (χ3n) is 2.88. The van der Waals surface area contributed by atoms with Gasteiger partial charge in [-0.2, -0.15) is 0 Å². The van der Waals surface area contributed by atoms with Crippen LogP contribution in [0.5, 0.6) is 0 Å². The van der Waals surface area contributed by atoms with Crippen LogP contribution >= 0.6 is 0 Å². The van der Waals surface area contributed by atoms with Gasteiger partial charge in [-0.3, -0.25) is 14.5 Å². The first kappa shape index (κ1) is 8.61. The van der Waals surface area contributed by atoms with Gasteiger partial charge in [0.15, 0.2) is 0 Å². The second-order valence-electron chi connectivity index (χ2n) is 3.90. The van der Waals surface area contributed by atoms with E-state index in [0.29, 0.717) is 17.5 Å². The lowest BCUT2D eigenvalue weighted by Gasteiger charge is -2.11. The van der Waals surface area contributed by atoms with Crippen LogP contribution in [0.25, 0.3) is 0 Å². The molecular formula is C11H9NO3. The molecule has 0 radical (unpaired) electrons. The van der Waals surface area contributed by atoms with E-state index in [4.69, 9.17) is 0 Å². The number of fused-ring (bicyclic) bond motifs is 1. The topological polar surface area (TPSA) is 57.6 Å². The van der Waals surface area contributed by atoms with E-state index in [0.717, 1.165) is 0 Å². The van der Waals surface area contributed by atoms with Crippen molar-refractivity contribution >= 4 is 11.8 Å². The molecule has 0 spiro atoms. The summed E-state index contributed by atoms with van der Waals surface area (Å²) >= 11 is 0. The Morgan fingerprint density at radius 1 is 1.13 bits per heavy atom. The molecule has 1 aliphatic carbocycles. The van der Waals surface area contributed by atoms with Gasteiger partial charge in [0.05, 0.1) is 23.3 Å². The second-order valence-corrected chi connectivity index (χ2v) is 3.90. The third kappa shape index (κ3) is 1.05. The van der Waals surface area contributed by atoms with Gasteiger partial charge in [-0.1, -0.05) is 12.1 Å². The van der Waals surface area contributed by atoms with Crippen LogP contribution in [0.15, 0.2) is 24.3 Å². The van der Waals surface area contributed by atoms with Gasteiger partial charge >= 0.3 is 0 Å². The molecule has 2 aliphatic rings. The molecule has 1 saturated carbocycles. The van der Waals surface area contributed by atoms with Crippen LogP contribution in [0.4, 0.5) is 0 Å². The quantitative estimate of drug-likeness (QED) is 0.673. The molecule has 4 nitrogen and oxygen atoms in total. The van der Waals surface area contributed by atoms with Gasteiger partial charge in [0, 0.05) is 0 Å². The maximum absolute atomic E-state index is 11.8. The highest BCUT2D eigenvalue weighted by molar-refractivity contribution is 6.21. The van der Waals surface area contributed by atoms with E-state index in [1.54, 1.807) is 24.3 Å². The van der Waals surface area contributed by atoms with Crippen molar-refractivity contribution in [3.05, 3.63) is 35.4 Å². The standard InChI is InChI=1S/C11H9NO3/c13-9-5-8(9)12-10(14)6-3-1-2-4-7(6)11(12)15/h1-4,8-9,13H,5H2/t8-,9+/m0/s1. The number of imide groups is 1. The minimum Gasteiger partial charge on any atom is -0.391 e. The molecule has 1 aliphatic heterocycles. The number of aliphatic hydroxyl groups is 1. The number of aliphatic hydroxyl groups excluding tert-OH is 1. The van der Waals surface area contributed by atoms with Crippen LogP contribution < -0.4 is 0 Å². The number of nitrogens with zero attached hydrogens (tertiary/aromatic N) is 1. The molecule has 1 N–H and O–H groups in total. The Bertz CT molecular complexity index is 434. The minimum atomic E-state index is -0.535. The summed E-state index contributed by atoms with van der Waals surface area (Å²) in [5.41, 5.74) is 0.892. The van der Waals surface area contributed by atoms with E-state index in [1.165, 1.54) is 4.90 Å². The molecule has 1 heterocycles. The Hall–Kier alpha value is -1.68. The number of hydrogen-bond donors (Lipinski definition) is 1. The number of carbonyl (C=O) groups excluding carboxylic acids is 2. The van der Waals surface area contributed by atoms with Crippen molar-refractivity contribution in [1.82, 2.24) is 4.90 Å². The molecule has 76 valence electrons. The highest BCUT2D eigenvalue weighted by Crippen LogP contribution is 2.34. The first-order chi connectivity index (χ1) is 7.20. The summed E-state index contributed by atoms with van der Waals surface area (Å²) in [6.07, 6.45) is -0.0296. The number of hydrogen-bond acceptors (Lipinski definition) is 3. The fourth-order valence-corrected chi connectivity index (χ4v) is 1.96. The molecule has 0 unspecified atom stereocenters. The van der Waals surface area contributed by atoms with Gasteiger partial charge < -0.3 is 5.11 Å². The Morgan fingerprint density at radius 3 is 2.00 bits per heavy atom. The van der Waals surface area contributed by atoms with E-state index in [2.05, 4.69) is 0 Å². The zero-order chi connectivity index (χ0) is 10.6. The van der Waals surface area contributed by atoms with E-state index < -0.39 is 6.10 Å². The summed E-state index contributed by atoms with van der Waals surface area (Å²) in [6.45, 7) is 0. The molecule has 1 aromatic rings. The predicted molar refractivity (Wildman–Crippen MR) is 51.4 cm³/mol. The summed E-state index contributed by atoms with van der Waals surface area (Å²) in [6, 6.07) is 6.44. The van der Waals surface area contributed by atoms with Crippen molar-refractivity contribution in [2.75, 3.05) is 0 Å². The van der Waals surface area contributed by atoms with Gasteiger partial charge in [0.2, 0.25) is 0 Å². The third-order valence-corrected chi connectivity index (χ3v) is 2.88. The fraction of sp³-hybridized carbons (Fsp3) is 0.273.